The minimum absolute atomic E-state index is 0.137. The van der Waals surface area contributed by atoms with Crippen molar-refractivity contribution in [3.8, 4) is 28.1 Å². The number of hydrogen-bond acceptors (Lipinski definition) is 7. The number of nitrogens with zero attached hydrogens (tertiary/aromatic N) is 3. The lowest BCUT2D eigenvalue weighted by Gasteiger charge is -2.28. The van der Waals surface area contributed by atoms with Gasteiger partial charge in [0.05, 0.1) is 30.2 Å². The van der Waals surface area contributed by atoms with E-state index in [1.54, 1.807) is 12.0 Å². The fourth-order valence-electron chi connectivity index (χ4n) is 8.38. The number of ether oxygens (including phenoxy) is 4. The van der Waals surface area contributed by atoms with Crippen molar-refractivity contribution in [2.45, 2.75) is 83.7 Å². The minimum Gasteiger partial charge on any atom is -0.488 e. The molecule has 1 aromatic heterocycles. The fourth-order valence-corrected chi connectivity index (χ4v) is 8.38. The summed E-state index contributed by atoms with van der Waals surface area (Å²) in [7, 11) is 1.77. The monoisotopic (exact) mass is 698 g/mol. The zero-order chi connectivity index (χ0) is 35.4. The number of benzene rings is 3. The number of aromatic amines is 1. The number of aromatic nitrogens is 2. The van der Waals surface area contributed by atoms with Crippen LogP contribution in [0.5, 0.6) is 5.75 Å². The van der Waals surface area contributed by atoms with E-state index in [0.29, 0.717) is 31.3 Å². The number of methoxy groups -OCH3 is 1. The Labute approximate surface area is 296 Å². The summed E-state index contributed by atoms with van der Waals surface area (Å²) < 4.78 is 47.9. The molecule has 2 fully saturated rings. The van der Waals surface area contributed by atoms with E-state index >= 15 is 0 Å². The normalized spacial score (nSPS) is 22.6. The highest BCUT2D eigenvalue weighted by Crippen LogP contribution is 2.45. The first-order chi connectivity index (χ1) is 24.5. The van der Waals surface area contributed by atoms with Gasteiger partial charge in [-0.25, -0.2) is 9.78 Å². The Morgan fingerprint density at radius 2 is 1.92 bits per heavy atom. The van der Waals surface area contributed by atoms with Crippen LogP contribution in [0.25, 0.3) is 33.2 Å². The van der Waals surface area contributed by atoms with Gasteiger partial charge in [-0.15, -0.1) is 0 Å². The van der Waals surface area contributed by atoms with Gasteiger partial charge >= 0.3 is 12.7 Å². The summed E-state index contributed by atoms with van der Waals surface area (Å²) in [6, 6.07) is 14.5. The molecular weight excluding hydrogens is 654 g/mol. The smallest absolute Gasteiger partial charge is 0.410 e. The van der Waals surface area contributed by atoms with Crippen molar-refractivity contribution in [3.05, 3.63) is 65.6 Å². The van der Waals surface area contributed by atoms with Crippen molar-refractivity contribution >= 4 is 28.3 Å². The number of H-pyrrole nitrogens is 1. The van der Waals surface area contributed by atoms with Crippen LogP contribution in [0.15, 0.2) is 53.7 Å². The number of hydrogen-bond donors (Lipinski definition) is 1. The molecule has 1 N–H and O–H groups in total. The van der Waals surface area contributed by atoms with Crippen LogP contribution in [0, 0.1) is 11.8 Å². The van der Waals surface area contributed by atoms with Gasteiger partial charge in [0, 0.05) is 49.8 Å². The second-order valence-corrected chi connectivity index (χ2v) is 15.4. The van der Waals surface area contributed by atoms with Gasteiger partial charge < -0.3 is 23.9 Å². The van der Waals surface area contributed by atoms with Gasteiger partial charge in [-0.1, -0.05) is 18.2 Å². The summed E-state index contributed by atoms with van der Waals surface area (Å²) in [4.78, 5) is 28.3. The van der Waals surface area contributed by atoms with Gasteiger partial charge in [-0.3, -0.25) is 9.89 Å². The van der Waals surface area contributed by atoms with Gasteiger partial charge in [0.1, 0.15) is 23.8 Å². The molecule has 3 aliphatic heterocycles. The number of alkyl halides is 2. The van der Waals surface area contributed by atoms with E-state index in [4.69, 9.17) is 24.2 Å². The van der Waals surface area contributed by atoms with Crippen LogP contribution in [0.2, 0.25) is 0 Å². The predicted octanol–water partition coefficient (Wildman–Crippen LogP) is 8.81. The second kappa shape index (κ2) is 13.3. The number of aliphatic imine (C=N–C) groups is 1. The van der Waals surface area contributed by atoms with Gasteiger partial charge in [0.25, 0.3) is 0 Å². The summed E-state index contributed by atoms with van der Waals surface area (Å²) in [5.74, 6) is 2.66. The summed E-state index contributed by atoms with van der Waals surface area (Å²) in [6.07, 6.45) is 5.89. The van der Waals surface area contributed by atoms with Crippen LogP contribution < -0.4 is 4.74 Å². The summed E-state index contributed by atoms with van der Waals surface area (Å²) >= 11 is 0. The molecule has 3 aromatic carbocycles. The van der Waals surface area contributed by atoms with Crippen LogP contribution in [0.3, 0.4) is 0 Å². The number of likely N-dealkylation sites (tertiary alicyclic amines) is 1. The maximum absolute atomic E-state index is 13.3. The topological polar surface area (TPSA) is 98.3 Å². The Morgan fingerprint density at radius 1 is 1.06 bits per heavy atom. The molecule has 1 saturated heterocycles. The van der Waals surface area contributed by atoms with E-state index in [1.807, 2.05) is 33.0 Å². The first-order valence-corrected chi connectivity index (χ1v) is 17.9. The molecule has 4 aliphatic rings. The predicted molar refractivity (Wildman–Crippen MR) is 191 cm³/mol. The Hall–Kier alpha value is -4.35. The Morgan fingerprint density at radius 3 is 2.73 bits per heavy atom. The third-order valence-electron chi connectivity index (χ3n) is 10.7. The van der Waals surface area contributed by atoms with Gasteiger partial charge in [-0.05, 0) is 110 Å². The quantitative estimate of drug-likeness (QED) is 0.198. The first kappa shape index (κ1) is 33.8. The average Bonchev–Trinajstić information content (AvgIpc) is 3.91. The van der Waals surface area contributed by atoms with E-state index in [1.165, 1.54) is 6.42 Å². The molecule has 1 amide bonds. The molecule has 4 atom stereocenters. The third-order valence-corrected chi connectivity index (χ3v) is 10.7. The lowest BCUT2D eigenvalue weighted by atomic mass is 9.90. The number of carbonyl (C=O) groups is 1. The molecule has 268 valence electrons. The molecule has 4 heterocycles. The molecule has 0 spiro atoms. The van der Waals surface area contributed by atoms with E-state index in [-0.39, 0.29) is 25.1 Å². The maximum Gasteiger partial charge on any atom is 0.410 e. The zero-order valence-electron chi connectivity index (χ0n) is 29.5. The molecule has 4 aromatic rings. The van der Waals surface area contributed by atoms with Crippen molar-refractivity contribution in [1.82, 2.24) is 14.9 Å². The van der Waals surface area contributed by atoms with Crippen molar-refractivity contribution < 1.29 is 32.5 Å². The molecule has 0 bridgehead atoms. The van der Waals surface area contributed by atoms with Crippen LogP contribution >= 0.6 is 0 Å². The summed E-state index contributed by atoms with van der Waals surface area (Å²) in [5.41, 5.74) is 7.46. The molecule has 8 rings (SSSR count). The molecule has 0 radical (unpaired) electrons. The zero-order valence-corrected chi connectivity index (χ0v) is 29.5. The van der Waals surface area contributed by atoms with Crippen molar-refractivity contribution in [2.75, 3.05) is 26.9 Å². The van der Waals surface area contributed by atoms with Gasteiger partial charge in [0.15, 0.2) is 0 Å². The molecule has 11 heteroatoms. The standard InChI is InChI=1S/C40H44F2N4O5/c1-40(2,3)51-39(47)46-18-23(20-50-38(41)42)12-35(46)33-15-30-29-16-36-31(14-24(29)8-10-32(30)44-33)28-9-7-25(13-27(28)21-49-36)34-17-43-37(45-34)26-6-5-22(11-26)19-48-4/h7-10,13-14,16-17,22-23,26,35,38H,5-6,11-12,15,18-21H2,1-4H3,(H,43,45)/t22-,23+,26+,35+/m1/s1. The minimum atomic E-state index is -2.86. The molecule has 0 unspecified atom stereocenters. The van der Waals surface area contributed by atoms with E-state index < -0.39 is 18.3 Å². The molecule has 9 nitrogen and oxygen atoms in total. The highest BCUT2D eigenvalue weighted by Gasteiger charge is 2.42. The van der Waals surface area contributed by atoms with E-state index in [0.717, 1.165) is 86.7 Å². The van der Waals surface area contributed by atoms with Crippen LogP contribution in [0.4, 0.5) is 19.3 Å². The van der Waals surface area contributed by atoms with E-state index in [9.17, 15) is 13.6 Å². The largest absolute Gasteiger partial charge is 0.488 e. The lowest BCUT2D eigenvalue weighted by molar-refractivity contribution is -0.137. The molecule has 1 aliphatic carbocycles. The molecular formula is C40H44F2N4O5. The summed E-state index contributed by atoms with van der Waals surface area (Å²) in [6.45, 7) is 3.97. The maximum atomic E-state index is 13.3. The van der Waals surface area contributed by atoms with Gasteiger partial charge in [-0.2, -0.15) is 8.78 Å². The first-order valence-electron chi connectivity index (χ1n) is 17.9. The molecule has 51 heavy (non-hydrogen) atoms. The van der Waals surface area contributed by atoms with Crippen molar-refractivity contribution in [3.63, 3.8) is 0 Å². The Kier molecular flexibility index (Phi) is 8.82. The van der Waals surface area contributed by atoms with Crippen LogP contribution in [-0.4, -0.2) is 71.8 Å². The number of fused-ring (bicyclic) bond motifs is 6. The third kappa shape index (κ3) is 6.73. The number of carbonyl (C=O) groups excluding carboxylic acids is 1. The Bertz CT molecular complexity index is 2000. The highest BCUT2D eigenvalue weighted by molar-refractivity contribution is 6.06. The van der Waals surface area contributed by atoms with Gasteiger partial charge in [0.2, 0.25) is 0 Å². The lowest BCUT2D eigenvalue weighted by Crippen LogP contribution is -2.43. The number of nitrogens with one attached hydrogen (secondary N) is 1. The highest BCUT2D eigenvalue weighted by atomic mass is 19.3. The van der Waals surface area contributed by atoms with Crippen LogP contribution in [-0.2, 0) is 27.2 Å². The number of imidazole rings is 1. The molecule has 1 saturated carbocycles. The fraction of sp³-hybridized carbons (Fsp3) is 0.475. The number of amides is 1. The number of halogens is 2. The summed E-state index contributed by atoms with van der Waals surface area (Å²) in [5, 5.41) is 2.12. The van der Waals surface area contributed by atoms with Crippen molar-refractivity contribution in [2.24, 2.45) is 16.8 Å². The SMILES string of the molecule is COC[C@@H]1CC[C@H](c2ncc(-c3ccc4c(c3)COc3cc5c6c(ccc5cc3-4)N=C([C@@H]3C[C@H](COC(F)F)CN3C(=O)OC(C)(C)C)C6)[nH]2)C1. The Balaban J connectivity index is 1.03. The second-order valence-electron chi connectivity index (χ2n) is 15.4. The van der Waals surface area contributed by atoms with E-state index in [2.05, 4.69) is 46.1 Å². The average molecular weight is 699 g/mol. The number of rotatable bonds is 8. The van der Waals surface area contributed by atoms with Crippen LogP contribution in [0.1, 0.15) is 69.3 Å². The van der Waals surface area contributed by atoms with Crippen molar-refractivity contribution in [1.29, 1.82) is 0 Å².